The van der Waals surface area contributed by atoms with Crippen LogP contribution in [0.15, 0.2) is 4.99 Å². The molecular weight excluding hydrogens is 346 g/mol. The number of nitrogens with one attached hydrogen (secondary N) is 1. The number of hydrogen-bond acceptors (Lipinski definition) is 8. The molecule has 150 valence electrons. The summed E-state index contributed by atoms with van der Waals surface area (Å²) in [6.07, 6.45) is 0.138. The first kappa shape index (κ1) is 23.7. The number of nitrogens with two attached hydrogens (primary N) is 5. The van der Waals surface area contributed by atoms with Crippen LogP contribution >= 0.6 is 0 Å². The number of guanidine groups is 1. The second-order valence-electron chi connectivity index (χ2n) is 5.91. The highest BCUT2D eigenvalue weighted by Crippen LogP contribution is 2.17. The molecule has 0 fully saturated rings. The van der Waals surface area contributed by atoms with Gasteiger partial charge in [-0.15, -0.1) is 0 Å². The van der Waals surface area contributed by atoms with E-state index in [1.54, 1.807) is 0 Å². The van der Waals surface area contributed by atoms with Crippen molar-refractivity contribution in [1.82, 2.24) is 5.32 Å². The lowest BCUT2D eigenvalue weighted by molar-refractivity contribution is -0.149. The summed E-state index contributed by atoms with van der Waals surface area (Å²) in [6, 6.07) is -1.05. The van der Waals surface area contributed by atoms with Gasteiger partial charge in [0, 0.05) is 0 Å². The number of Topliss-reactive ketones (excluding diaryl/α,β-unsaturated/α-hetero) is 1. The van der Waals surface area contributed by atoms with Gasteiger partial charge in [-0.3, -0.25) is 14.9 Å². The van der Waals surface area contributed by atoms with Crippen molar-refractivity contribution in [2.75, 3.05) is 13.1 Å². The normalized spacial score (nSPS) is 15.5. The largest absolute Gasteiger partial charge is 0.480 e. The second kappa shape index (κ2) is 11.4. The van der Waals surface area contributed by atoms with E-state index >= 15 is 0 Å². The van der Waals surface area contributed by atoms with E-state index in [-0.39, 0.29) is 25.2 Å². The Kier molecular flexibility index (Phi) is 10.4. The summed E-state index contributed by atoms with van der Waals surface area (Å²) in [5, 5.41) is 20.6. The molecule has 12 nitrogen and oxygen atoms in total. The molecule has 1 unspecified atom stereocenters. The van der Waals surface area contributed by atoms with E-state index in [0.29, 0.717) is 19.4 Å². The van der Waals surface area contributed by atoms with Gasteiger partial charge >= 0.3 is 11.9 Å². The fraction of sp³-hybridized carbons (Fsp3) is 0.714. The van der Waals surface area contributed by atoms with Crippen molar-refractivity contribution in [3.05, 3.63) is 0 Å². The molecule has 0 aliphatic heterocycles. The maximum atomic E-state index is 12.4. The number of carbonyl (C=O) groups is 3. The van der Waals surface area contributed by atoms with Gasteiger partial charge in [0.2, 0.25) is 0 Å². The number of aliphatic carboxylic acids is 2. The number of aliphatic imine (C=N–C) groups is 1. The monoisotopic (exact) mass is 375 g/mol. The molecule has 0 saturated heterocycles. The van der Waals surface area contributed by atoms with Crippen molar-refractivity contribution < 1.29 is 24.6 Å². The van der Waals surface area contributed by atoms with Crippen molar-refractivity contribution in [3.63, 3.8) is 0 Å². The summed E-state index contributed by atoms with van der Waals surface area (Å²) in [5.41, 5.74) is 25.3. The average Bonchev–Trinajstić information content (AvgIpc) is 2.55. The molecule has 13 N–H and O–H groups in total. The van der Waals surface area contributed by atoms with Crippen molar-refractivity contribution >= 4 is 23.7 Å². The lowest BCUT2D eigenvalue weighted by Gasteiger charge is -2.27. The molecule has 0 radical (unpaired) electrons. The Labute approximate surface area is 151 Å². The van der Waals surface area contributed by atoms with Gasteiger partial charge < -0.3 is 38.9 Å². The molecular formula is C14H29N7O5. The molecule has 0 bridgehead atoms. The number of nitrogens with zero attached hydrogens (tertiary/aromatic N) is 1. The summed E-state index contributed by atoms with van der Waals surface area (Å²) in [5.74, 6) is -3.83. The first-order chi connectivity index (χ1) is 12.0. The molecule has 0 aliphatic carbocycles. The first-order valence-corrected chi connectivity index (χ1v) is 8.10. The van der Waals surface area contributed by atoms with Crippen molar-refractivity contribution in [2.24, 2.45) is 33.7 Å². The molecule has 0 aliphatic rings. The summed E-state index contributed by atoms with van der Waals surface area (Å²) in [4.78, 5) is 38.4. The van der Waals surface area contributed by atoms with Crippen LogP contribution in [0.3, 0.4) is 0 Å². The Morgan fingerprint density at radius 1 is 1.12 bits per heavy atom. The quantitative estimate of drug-likeness (QED) is 0.0651. The van der Waals surface area contributed by atoms with Gasteiger partial charge in [0.1, 0.15) is 6.17 Å². The van der Waals surface area contributed by atoms with Crippen LogP contribution in [-0.2, 0) is 14.4 Å². The molecule has 0 aromatic carbocycles. The third-order valence-corrected chi connectivity index (χ3v) is 3.73. The minimum Gasteiger partial charge on any atom is -0.480 e. The smallest absolute Gasteiger partial charge is 0.331 e. The van der Waals surface area contributed by atoms with Crippen LogP contribution in [0, 0.1) is 0 Å². The topological polar surface area (TPSA) is 246 Å². The third-order valence-electron chi connectivity index (χ3n) is 3.73. The van der Waals surface area contributed by atoms with Gasteiger partial charge in [-0.05, 0) is 32.2 Å². The predicted molar refractivity (Wildman–Crippen MR) is 94.9 cm³/mol. The number of carbonyl (C=O) groups excluding carboxylic acids is 1. The van der Waals surface area contributed by atoms with Gasteiger partial charge in [-0.1, -0.05) is 6.42 Å². The van der Waals surface area contributed by atoms with E-state index in [1.807, 2.05) is 0 Å². The summed E-state index contributed by atoms with van der Waals surface area (Å²) in [6.45, 7) is -0.0261. The highest BCUT2D eigenvalue weighted by atomic mass is 16.4. The predicted octanol–water partition coefficient (Wildman–Crippen LogP) is -3.15. The number of rotatable bonds is 14. The Hall–Kier alpha value is -2.28. The summed E-state index contributed by atoms with van der Waals surface area (Å²) >= 11 is 0. The lowest BCUT2D eigenvalue weighted by Crippen LogP contribution is -2.60. The van der Waals surface area contributed by atoms with Gasteiger partial charge in [0.25, 0.3) is 0 Å². The Bertz CT molecular complexity index is 524. The van der Waals surface area contributed by atoms with Gasteiger partial charge in [0.05, 0.1) is 12.6 Å². The SMILES string of the molecule is NCCCC[C@H](N)C(=O)[C@](N)(CCC(N=C(N)N)NCC(=O)O)C(=O)O. The summed E-state index contributed by atoms with van der Waals surface area (Å²) < 4.78 is 0. The molecule has 26 heavy (non-hydrogen) atoms. The molecule has 0 saturated carbocycles. The number of ketones is 1. The standard InChI is InChI=1S/C14H29N7O5/c15-6-2-1-3-8(16)11(24)14(19,12(25)26)5-4-9(21-13(17)18)20-7-10(22)23/h8-9,20H,1-7,15-16,19H2,(H,22,23)(H,25,26)(H4,17,18,21)/t8-,9?,14+/m0/s1. The molecule has 0 aromatic rings. The lowest BCUT2D eigenvalue weighted by atomic mass is 9.84. The van der Waals surface area contributed by atoms with Gasteiger partial charge in [-0.2, -0.15) is 0 Å². The van der Waals surface area contributed by atoms with E-state index in [2.05, 4.69) is 10.3 Å². The fourth-order valence-electron chi connectivity index (χ4n) is 2.27. The number of hydrogen-bond donors (Lipinski definition) is 8. The zero-order valence-corrected chi connectivity index (χ0v) is 14.6. The van der Waals surface area contributed by atoms with Crippen LogP contribution in [0.5, 0.6) is 0 Å². The van der Waals surface area contributed by atoms with Crippen molar-refractivity contribution in [1.29, 1.82) is 0 Å². The highest BCUT2D eigenvalue weighted by Gasteiger charge is 2.44. The maximum absolute atomic E-state index is 12.4. The fourth-order valence-corrected chi connectivity index (χ4v) is 2.27. The summed E-state index contributed by atoms with van der Waals surface area (Å²) in [7, 11) is 0. The van der Waals surface area contributed by atoms with E-state index in [9.17, 15) is 19.5 Å². The van der Waals surface area contributed by atoms with Crippen LogP contribution in [0.4, 0.5) is 0 Å². The van der Waals surface area contributed by atoms with E-state index < -0.39 is 42.0 Å². The van der Waals surface area contributed by atoms with Crippen LogP contribution in [0.2, 0.25) is 0 Å². The Morgan fingerprint density at radius 3 is 2.19 bits per heavy atom. The molecule has 0 rings (SSSR count). The molecule has 0 aromatic heterocycles. The van der Waals surface area contributed by atoms with Crippen LogP contribution in [0.1, 0.15) is 32.1 Å². The number of unbranched alkanes of at least 4 members (excludes halogenated alkanes) is 1. The van der Waals surface area contributed by atoms with Gasteiger partial charge in [-0.25, -0.2) is 9.79 Å². The van der Waals surface area contributed by atoms with Crippen LogP contribution in [-0.4, -0.2) is 64.7 Å². The zero-order valence-electron chi connectivity index (χ0n) is 14.6. The van der Waals surface area contributed by atoms with Crippen molar-refractivity contribution in [2.45, 2.75) is 49.9 Å². The van der Waals surface area contributed by atoms with Crippen LogP contribution in [0.25, 0.3) is 0 Å². The Balaban J connectivity index is 5.09. The maximum Gasteiger partial charge on any atom is 0.331 e. The van der Waals surface area contributed by atoms with Gasteiger partial charge in [0.15, 0.2) is 17.3 Å². The second-order valence-corrected chi connectivity index (χ2v) is 5.91. The number of carboxylic acids is 2. The molecule has 12 heteroatoms. The van der Waals surface area contributed by atoms with E-state index in [4.69, 9.17) is 33.8 Å². The van der Waals surface area contributed by atoms with Crippen LogP contribution < -0.4 is 34.0 Å². The third kappa shape index (κ3) is 8.20. The Morgan fingerprint density at radius 2 is 1.73 bits per heavy atom. The average molecular weight is 375 g/mol. The first-order valence-electron chi connectivity index (χ1n) is 8.10. The van der Waals surface area contributed by atoms with Crippen molar-refractivity contribution in [3.8, 4) is 0 Å². The zero-order chi connectivity index (χ0) is 20.3. The van der Waals surface area contributed by atoms with E-state index in [1.165, 1.54) is 0 Å². The minimum absolute atomic E-state index is 0.0881. The minimum atomic E-state index is -2.23. The molecule has 0 spiro atoms. The molecule has 0 amide bonds. The molecule has 3 atom stereocenters. The number of carboxylic acid groups (broad SMARTS) is 2. The molecule has 0 heterocycles. The highest BCUT2D eigenvalue weighted by molar-refractivity contribution is 6.09. The van der Waals surface area contributed by atoms with E-state index in [0.717, 1.165) is 0 Å².